The third kappa shape index (κ3) is 9.59. The molecule has 0 N–H and O–H groups in total. The van der Waals surface area contributed by atoms with Crippen LogP contribution in [0.4, 0.5) is 0 Å². The molecule has 0 saturated heterocycles. The Labute approximate surface area is 181 Å². The van der Waals surface area contributed by atoms with Gasteiger partial charge in [-0.05, 0) is 82.3 Å². The number of ether oxygens (including phenoxy) is 3. The fourth-order valence-electron chi connectivity index (χ4n) is 1.97. The van der Waals surface area contributed by atoms with Gasteiger partial charge in [-0.25, -0.2) is 0 Å². The first kappa shape index (κ1) is 22.9. The predicted molar refractivity (Wildman–Crippen MR) is 118 cm³/mol. The van der Waals surface area contributed by atoms with Gasteiger partial charge in [0.25, 0.3) is 0 Å². The number of halogens is 2. The number of oxime groups is 1. The van der Waals surface area contributed by atoms with Gasteiger partial charge < -0.3 is 19.0 Å². The fourth-order valence-corrected chi connectivity index (χ4v) is 2.10. The molecule has 0 aliphatic heterocycles. The van der Waals surface area contributed by atoms with Crippen molar-refractivity contribution in [1.29, 1.82) is 0 Å². The molecule has 2 rings (SSSR count). The lowest BCUT2D eigenvalue weighted by Crippen LogP contribution is -2.18. The van der Waals surface area contributed by atoms with Gasteiger partial charge in [-0.3, -0.25) is 0 Å². The molecule has 0 aliphatic carbocycles. The topological polar surface area (TPSA) is 49.3 Å². The lowest BCUT2D eigenvalue weighted by molar-refractivity contribution is 0.0000981. The molecule has 0 atom stereocenters. The molecule has 2 aromatic rings. The van der Waals surface area contributed by atoms with E-state index >= 15 is 0 Å². The van der Waals surface area contributed by atoms with E-state index in [0.717, 1.165) is 11.5 Å². The highest BCUT2D eigenvalue weighted by atomic mass is 35.5. The third-order valence-electron chi connectivity index (χ3n) is 3.29. The lowest BCUT2D eigenvalue weighted by Gasteiger charge is -2.16. The van der Waals surface area contributed by atoms with Crippen LogP contribution in [0.15, 0.2) is 64.3 Å². The van der Waals surface area contributed by atoms with Gasteiger partial charge in [-0.2, -0.15) is 0 Å². The van der Waals surface area contributed by atoms with Crippen molar-refractivity contribution in [2.75, 3.05) is 13.2 Å². The highest BCUT2D eigenvalue weighted by Crippen LogP contribution is 2.25. The van der Waals surface area contributed by atoms with Crippen molar-refractivity contribution < 1.29 is 19.0 Å². The van der Waals surface area contributed by atoms with Crippen molar-refractivity contribution in [3.8, 4) is 23.0 Å². The Balaban J connectivity index is 1.83. The molecule has 0 bridgehead atoms. The van der Waals surface area contributed by atoms with E-state index < -0.39 is 0 Å². The van der Waals surface area contributed by atoms with Crippen LogP contribution < -0.4 is 14.2 Å². The second-order valence-corrected chi connectivity index (χ2v) is 8.18. The Morgan fingerprint density at radius 1 is 0.862 bits per heavy atom. The molecule has 2 aromatic carbocycles. The van der Waals surface area contributed by atoms with Crippen LogP contribution in [0.5, 0.6) is 23.0 Å². The standard InChI is InChI=1S/C22H25Cl2NO4/c1-16(25-29-22(2,3)4)15-27-18-7-11-20(12-8-18)28-19-9-5-17(6-10-19)26-14-13-21(23)24/h5-13H,14-15H2,1-4H3. The minimum atomic E-state index is -0.320. The summed E-state index contributed by atoms with van der Waals surface area (Å²) < 4.78 is 17.2. The van der Waals surface area contributed by atoms with Gasteiger partial charge in [-0.15, -0.1) is 0 Å². The quantitative estimate of drug-likeness (QED) is 0.321. The van der Waals surface area contributed by atoms with E-state index in [4.69, 9.17) is 42.3 Å². The van der Waals surface area contributed by atoms with Gasteiger partial charge in [0, 0.05) is 0 Å². The van der Waals surface area contributed by atoms with Crippen LogP contribution in [0.3, 0.4) is 0 Å². The lowest BCUT2D eigenvalue weighted by atomic mass is 10.2. The first-order chi connectivity index (χ1) is 13.7. The minimum Gasteiger partial charge on any atom is -0.489 e. The summed E-state index contributed by atoms with van der Waals surface area (Å²) in [6, 6.07) is 14.6. The van der Waals surface area contributed by atoms with Crippen LogP contribution >= 0.6 is 23.2 Å². The van der Waals surface area contributed by atoms with Gasteiger partial charge in [0.2, 0.25) is 0 Å². The molecule has 0 aromatic heterocycles. The molecule has 156 valence electrons. The Kier molecular flexibility index (Phi) is 8.68. The van der Waals surface area contributed by atoms with E-state index in [-0.39, 0.29) is 10.1 Å². The maximum atomic E-state index is 5.82. The van der Waals surface area contributed by atoms with E-state index in [0.29, 0.717) is 30.5 Å². The molecular formula is C22H25Cl2NO4. The highest BCUT2D eigenvalue weighted by molar-refractivity contribution is 6.55. The molecule has 29 heavy (non-hydrogen) atoms. The second-order valence-electron chi connectivity index (χ2n) is 7.17. The van der Waals surface area contributed by atoms with Gasteiger partial charge in [-0.1, -0.05) is 28.4 Å². The maximum absolute atomic E-state index is 5.82. The monoisotopic (exact) mass is 437 g/mol. The number of nitrogens with zero attached hydrogens (tertiary/aromatic N) is 1. The summed E-state index contributed by atoms with van der Waals surface area (Å²) >= 11 is 11.1. The first-order valence-electron chi connectivity index (χ1n) is 9.08. The van der Waals surface area contributed by atoms with E-state index in [2.05, 4.69) is 5.16 Å². The zero-order chi connectivity index (χ0) is 21.3. The molecule has 0 fully saturated rings. The Morgan fingerprint density at radius 3 is 1.83 bits per heavy atom. The Hall–Kier alpha value is -2.37. The summed E-state index contributed by atoms with van der Waals surface area (Å²) in [4.78, 5) is 5.37. The SMILES string of the molecule is CC(COc1ccc(Oc2ccc(OCC=C(Cl)Cl)cc2)cc1)=NOC(C)(C)C. The average Bonchev–Trinajstić information content (AvgIpc) is 2.66. The maximum Gasteiger partial charge on any atom is 0.129 e. The zero-order valence-electron chi connectivity index (χ0n) is 16.9. The van der Waals surface area contributed by atoms with Crippen molar-refractivity contribution in [3.63, 3.8) is 0 Å². The number of rotatable bonds is 9. The fraction of sp³-hybridized carbons (Fsp3) is 0.318. The number of hydrogen-bond acceptors (Lipinski definition) is 5. The minimum absolute atomic E-state index is 0.179. The molecule has 0 aliphatic rings. The van der Waals surface area contributed by atoms with Crippen LogP contribution in [-0.4, -0.2) is 24.5 Å². The normalized spacial score (nSPS) is 11.6. The summed E-state index contributed by atoms with van der Waals surface area (Å²) in [5.74, 6) is 2.81. The van der Waals surface area contributed by atoms with Crippen molar-refractivity contribution in [2.24, 2.45) is 5.16 Å². The molecule has 0 saturated carbocycles. The number of hydrogen-bond donors (Lipinski definition) is 0. The number of benzene rings is 2. The van der Waals surface area contributed by atoms with Crippen molar-refractivity contribution >= 4 is 28.9 Å². The molecular weight excluding hydrogens is 413 g/mol. The summed E-state index contributed by atoms with van der Waals surface area (Å²) in [5.41, 5.74) is 0.436. The van der Waals surface area contributed by atoms with E-state index in [9.17, 15) is 0 Å². The second kappa shape index (κ2) is 11.0. The Bertz CT molecular complexity index is 821. The Morgan fingerprint density at radius 2 is 1.34 bits per heavy atom. The molecule has 7 heteroatoms. The van der Waals surface area contributed by atoms with Gasteiger partial charge in [0.05, 0.1) is 5.71 Å². The van der Waals surface area contributed by atoms with Crippen LogP contribution in [0, 0.1) is 0 Å². The smallest absolute Gasteiger partial charge is 0.129 e. The first-order valence-corrected chi connectivity index (χ1v) is 9.83. The predicted octanol–water partition coefficient (Wildman–Crippen LogP) is 6.75. The van der Waals surface area contributed by atoms with Crippen LogP contribution in [-0.2, 0) is 4.84 Å². The van der Waals surface area contributed by atoms with Gasteiger partial charge in [0.15, 0.2) is 0 Å². The summed E-state index contributed by atoms with van der Waals surface area (Å²) in [7, 11) is 0. The van der Waals surface area contributed by atoms with Gasteiger partial charge in [0.1, 0.15) is 46.3 Å². The van der Waals surface area contributed by atoms with E-state index in [1.807, 2.05) is 76.2 Å². The molecule has 0 spiro atoms. The average molecular weight is 438 g/mol. The molecule has 0 radical (unpaired) electrons. The van der Waals surface area contributed by atoms with Crippen LogP contribution in [0.25, 0.3) is 0 Å². The van der Waals surface area contributed by atoms with E-state index in [1.165, 1.54) is 0 Å². The molecule has 5 nitrogen and oxygen atoms in total. The van der Waals surface area contributed by atoms with Crippen molar-refractivity contribution in [2.45, 2.75) is 33.3 Å². The van der Waals surface area contributed by atoms with Crippen molar-refractivity contribution in [3.05, 3.63) is 59.1 Å². The molecule has 0 amide bonds. The van der Waals surface area contributed by atoms with E-state index in [1.54, 1.807) is 6.08 Å². The van der Waals surface area contributed by atoms with Gasteiger partial charge >= 0.3 is 0 Å². The van der Waals surface area contributed by atoms with Crippen molar-refractivity contribution in [1.82, 2.24) is 0 Å². The summed E-state index contributed by atoms with van der Waals surface area (Å²) in [6.45, 7) is 8.34. The third-order valence-corrected chi connectivity index (χ3v) is 3.60. The summed E-state index contributed by atoms with van der Waals surface area (Å²) in [6.07, 6.45) is 1.57. The van der Waals surface area contributed by atoms with Crippen LogP contribution in [0.2, 0.25) is 0 Å². The molecule has 0 unspecified atom stereocenters. The summed E-state index contributed by atoms with van der Waals surface area (Å²) in [5, 5.41) is 4.06. The van der Waals surface area contributed by atoms with Crippen LogP contribution in [0.1, 0.15) is 27.7 Å². The molecule has 0 heterocycles. The largest absolute Gasteiger partial charge is 0.489 e. The highest BCUT2D eigenvalue weighted by Gasteiger charge is 2.10. The zero-order valence-corrected chi connectivity index (χ0v) is 18.5.